The predicted octanol–water partition coefficient (Wildman–Crippen LogP) is 2.75. The summed E-state index contributed by atoms with van der Waals surface area (Å²) in [5, 5.41) is 33.2. The van der Waals surface area contributed by atoms with Gasteiger partial charge in [0.2, 0.25) is 0 Å². The van der Waals surface area contributed by atoms with Crippen LogP contribution in [-0.2, 0) is 0 Å². The minimum absolute atomic E-state index is 0.304. The van der Waals surface area contributed by atoms with Crippen LogP contribution in [0, 0.1) is 0 Å². The van der Waals surface area contributed by atoms with Crippen LogP contribution >= 0.6 is 11.8 Å². The van der Waals surface area contributed by atoms with Gasteiger partial charge in [0.15, 0.2) is 22.1 Å². The van der Waals surface area contributed by atoms with Gasteiger partial charge < -0.3 is 15.5 Å². The maximum absolute atomic E-state index is 10.4. The van der Waals surface area contributed by atoms with E-state index in [1.807, 2.05) is 6.07 Å². The van der Waals surface area contributed by atoms with Gasteiger partial charge in [0.05, 0.1) is 12.1 Å². The zero-order valence-electron chi connectivity index (χ0n) is 16.8. The minimum Gasteiger partial charge on any atom is -0.390 e. The lowest BCUT2D eigenvalue weighted by Gasteiger charge is -2.16. The topological polar surface area (TPSA) is 109 Å². The molecule has 2 aliphatic rings. The summed E-state index contributed by atoms with van der Waals surface area (Å²) < 4.78 is 1.67. The SMILES string of the molecule is CCCSc1nc(N[C@@H]2C[C@@H]2c2ccccc2)c2nnn([C@H]3CC[C@H](O)[C@@H]3O)c2n1. The van der Waals surface area contributed by atoms with Crippen molar-refractivity contribution in [3.05, 3.63) is 35.9 Å². The van der Waals surface area contributed by atoms with Crippen LogP contribution < -0.4 is 5.32 Å². The second-order valence-corrected chi connectivity index (χ2v) is 9.18. The Bertz CT molecular complexity index is 1030. The van der Waals surface area contributed by atoms with Gasteiger partial charge in [-0.2, -0.15) is 0 Å². The van der Waals surface area contributed by atoms with Crippen molar-refractivity contribution in [3.63, 3.8) is 0 Å². The highest BCUT2D eigenvalue weighted by atomic mass is 32.2. The molecule has 5 rings (SSSR count). The maximum atomic E-state index is 10.4. The molecule has 0 radical (unpaired) electrons. The van der Waals surface area contributed by atoms with Gasteiger partial charge in [-0.05, 0) is 31.2 Å². The van der Waals surface area contributed by atoms with Crippen LogP contribution in [0.15, 0.2) is 35.5 Å². The first-order valence-electron chi connectivity index (χ1n) is 10.6. The number of anilines is 1. The normalized spacial score (nSPS) is 28.2. The number of nitrogens with zero attached hydrogens (tertiary/aromatic N) is 5. The lowest BCUT2D eigenvalue weighted by atomic mass is 10.1. The summed E-state index contributed by atoms with van der Waals surface area (Å²) in [5.41, 5.74) is 2.55. The van der Waals surface area contributed by atoms with Crippen molar-refractivity contribution < 1.29 is 10.2 Å². The molecule has 3 aromatic rings. The Morgan fingerprint density at radius 3 is 2.73 bits per heavy atom. The number of aromatic nitrogens is 5. The highest BCUT2D eigenvalue weighted by Gasteiger charge is 2.40. The fourth-order valence-electron chi connectivity index (χ4n) is 4.20. The van der Waals surface area contributed by atoms with E-state index >= 15 is 0 Å². The van der Waals surface area contributed by atoms with Gasteiger partial charge in [-0.15, -0.1) is 5.10 Å². The molecule has 2 aliphatic carbocycles. The summed E-state index contributed by atoms with van der Waals surface area (Å²) >= 11 is 1.61. The van der Waals surface area contributed by atoms with Gasteiger partial charge >= 0.3 is 0 Å². The van der Waals surface area contributed by atoms with Crippen molar-refractivity contribution >= 4 is 28.7 Å². The molecule has 0 saturated heterocycles. The van der Waals surface area contributed by atoms with E-state index < -0.39 is 12.2 Å². The molecule has 158 valence electrons. The number of thioether (sulfide) groups is 1. The third kappa shape index (κ3) is 3.66. The first kappa shape index (κ1) is 19.7. The molecule has 2 fully saturated rings. The summed E-state index contributed by atoms with van der Waals surface area (Å²) in [6, 6.07) is 10.5. The molecule has 0 unspecified atom stereocenters. The van der Waals surface area contributed by atoms with E-state index in [9.17, 15) is 10.2 Å². The van der Waals surface area contributed by atoms with E-state index in [4.69, 9.17) is 9.97 Å². The smallest absolute Gasteiger partial charge is 0.191 e. The standard InChI is InChI=1S/C21H26N6O2S/c1-2-10-30-21-23-19(22-14-11-13(14)12-6-4-3-5-7-12)17-20(24-21)27(26-25-17)15-8-9-16(28)18(15)29/h3-7,13-16,18,28-29H,2,8-11H2,1H3,(H,22,23,24)/t13-,14-,15+,16+,18-/m1/s1. The Morgan fingerprint density at radius 2 is 2.00 bits per heavy atom. The van der Waals surface area contributed by atoms with E-state index in [1.165, 1.54) is 5.56 Å². The summed E-state index contributed by atoms with van der Waals surface area (Å²) in [5.74, 6) is 2.08. The van der Waals surface area contributed by atoms with Crippen LogP contribution in [0.25, 0.3) is 11.2 Å². The molecule has 2 heterocycles. The highest BCUT2D eigenvalue weighted by molar-refractivity contribution is 7.99. The van der Waals surface area contributed by atoms with E-state index in [-0.39, 0.29) is 6.04 Å². The van der Waals surface area contributed by atoms with Crippen LogP contribution in [0.1, 0.15) is 50.1 Å². The lowest BCUT2D eigenvalue weighted by molar-refractivity contribution is 0.0215. The first-order valence-corrected chi connectivity index (χ1v) is 11.6. The Balaban J connectivity index is 1.46. The van der Waals surface area contributed by atoms with Crippen molar-refractivity contribution in [2.24, 2.45) is 0 Å². The van der Waals surface area contributed by atoms with Crippen LogP contribution in [0.2, 0.25) is 0 Å². The molecule has 0 spiro atoms. The molecule has 2 saturated carbocycles. The fourth-order valence-corrected chi connectivity index (χ4v) is 4.89. The number of benzene rings is 1. The Hall–Kier alpha value is -2.23. The van der Waals surface area contributed by atoms with E-state index in [0.717, 1.165) is 18.6 Å². The molecular weight excluding hydrogens is 400 g/mol. The number of rotatable bonds is 7. The van der Waals surface area contributed by atoms with Crippen molar-refractivity contribution in [2.75, 3.05) is 11.1 Å². The van der Waals surface area contributed by atoms with E-state index in [1.54, 1.807) is 16.4 Å². The van der Waals surface area contributed by atoms with Gasteiger partial charge in [-0.3, -0.25) is 0 Å². The largest absolute Gasteiger partial charge is 0.390 e. The monoisotopic (exact) mass is 426 g/mol. The maximum Gasteiger partial charge on any atom is 0.191 e. The van der Waals surface area contributed by atoms with Gasteiger partial charge in [-0.25, -0.2) is 14.6 Å². The molecule has 2 aromatic heterocycles. The second kappa shape index (κ2) is 8.13. The molecule has 9 heteroatoms. The van der Waals surface area contributed by atoms with Gasteiger partial charge in [0.25, 0.3) is 0 Å². The van der Waals surface area contributed by atoms with Crippen LogP contribution in [-0.4, -0.2) is 59.2 Å². The van der Waals surface area contributed by atoms with E-state index in [2.05, 4.69) is 46.8 Å². The van der Waals surface area contributed by atoms with Crippen molar-refractivity contribution in [1.82, 2.24) is 25.0 Å². The number of aliphatic hydroxyl groups is 2. The summed E-state index contributed by atoms with van der Waals surface area (Å²) in [4.78, 5) is 9.43. The van der Waals surface area contributed by atoms with Crippen molar-refractivity contribution in [2.45, 2.75) is 68.0 Å². The Kier molecular flexibility index (Phi) is 5.34. The quantitative estimate of drug-likeness (QED) is 0.391. The molecule has 8 nitrogen and oxygen atoms in total. The number of hydrogen-bond acceptors (Lipinski definition) is 8. The third-order valence-electron chi connectivity index (χ3n) is 5.94. The Labute approximate surface area is 179 Å². The number of aliphatic hydroxyl groups excluding tert-OH is 2. The highest BCUT2D eigenvalue weighted by Crippen LogP contribution is 2.43. The molecule has 30 heavy (non-hydrogen) atoms. The van der Waals surface area contributed by atoms with Crippen molar-refractivity contribution in [3.8, 4) is 0 Å². The lowest BCUT2D eigenvalue weighted by Crippen LogP contribution is -2.28. The number of nitrogens with one attached hydrogen (secondary N) is 1. The minimum atomic E-state index is -0.862. The zero-order valence-corrected chi connectivity index (χ0v) is 17.7. The molecule has 0 amide bonds. The summed E-state index contributed by atoms with van der Waals surface area (Å²) in [6.07, 6.45) is 1.66. The number of fused-ring (bicyclic) bond motifs is 1. The predicted molar refractivity (Wildman–Crippen MR) is 116 cm³/mol. The molecular formula is C21H26N6O2S. The van der Waals surface area contributed by atoms with E-state index in [0.29, 0.717) is 46.9 Å². The molecule has 0 bridgehead atoms. The second-order valence-electron chi connectivity index (χ2n) is 8.12. The third-order valence-corrected chi connectivity index (χ3v) is 6.99. The van der Waals surface area contributed by atoms with Crippen molar-refractivity contribution in [1.29, 1.82) is 0 Å². The van der Waals surface area contributed by atoms with Gasteiger partial charge in [0.1, 0.15) is 6.10 Å². The van der Waals surface area contributed by atoms with Crippen LogP contribution in [0.5, 0.6) is 0 Å². The molecule has 3 N–H and O–H groups in total. The van der Waals surface area contributed by atoms with Crippen LogP contribution in [0.4, 0.5) is 5.82 Å². The summed E-state index contributed by atoms with van der Waals surface area (Å²) in [6.45, 7) is 2.13. The average molecular weight is 427 g/mol. The molecule has 5 atom stereocenters. The van der Waals surface area contributed by atoms with Crippen LogP contribution in [0.3, 0.4) is 0 Å². The van der Waals surface area contributed by atoms with Gasteiger partial charge in [0, 0.05) is 17.7 Å². The van der Waals surface area contributed by atoms with Gasteiger partial charge in [-0.1, -0.05) is 54.2 Å². The zero-order chi connectivity index (χ0) is 20.7. The first-order chi connectivity index (χ1) is 14.7. The summed E-state index contributed by atoms with van der Waals surface area (Å²) in [7, 11) is 0. The number of hydrogen-bond donors (Lipinski definition) is 3. The average Bonchev–Trinajstić information content (AvgIpc) is 3.29. The Morgan fingerprint density at radius 1 is 1.17 bits per heavy atom. The molecule has 1 aromatic carbocycles. The molecule has 0 aliphatic heterocycles. The fraction of sp³-hybridized carbons (Fsp3) is 0.524.